The maximum absolute atomic E-state index is 12.2. The molecule has 0 atom stereocenters. The lowest BCUT2D eigenvalue weighted by Gasteiger charge is -2.27. The van der Waals surface area contributed by atoms with Gasteiger partial charge in [0.15, 0.2) is 0 Å². The Bertz CT molecular complexity index is 787. The maximum Gasteiger partial charge on any atom is 0.258 e. The van der Waals surface area contributed by atoms with E-state index in [4.69, 9.17) is 12.2 Å². The summed E-state index contributed by atoms with van der Waals surface area (Å²) < 4.78 is 0.383. The zero-order valence-electron chi connectivity index (χ0n) is 12.2. The molecule has 0 bridgehead atoms. The Hall–Kier alpha value is -2.74. The number of nitrogens with zero attached hydrogens (tertiary/aromatic N) is 2. The van der Waals surface area contributed by atoms with Crippen molar-refractivity contribution >= 4 is 35.5 Å². The van der Waals surface area contributed by atoms with E-state index in [1.165, 1.54) is 0 Å². The third-order valence-corrected chi connectivity index (χ3v) is 3.77. The molecule has 8 heteroatoms. The molecule has 3 N–H and O–H groups in total. The standard InChI is InChI=1S/C15H15N5O2S/c21-13-9-20(7-6-16-13)12-4-3-10(8-18-12)19-14(22)11-2-1-5-17-15(11)23/h1-5,8H,6-7,9H2,(H,16,21)(H,17,23)(H,19,22). The summed E-state index contributed by atoms with van der Waals surface area (Å²) in [6.45, 7) is 1.60. The van der Waals surface area contributed by atoms with Crippen LogP contribution in [-0.2, 0) is 4.79 Å². The number of nitrogens with one attached hydrogen (secondary N) is 3. The first kappa shape index (κ1) is 15.2. The number of carbonyl (C=O) groups excluding carboxylic acids is 2. The number of aromatic amines is 1. The first-order chi connectivity index (χ1) is 11.1. The van der Waals surface area contributed by atoms with Crippen LogP contribution in [0.15, 0.2) is 36.7 Å². The van der Waals surface area contributed by atoms with Crippen molar-refractivity contribution in [3.63, 3.8) is 0 Å². The van der Waals surface area contributed by atoms with Crippen LogP contribution >= 0.6 is 12.2 Å². The fourth-order valence-corrected chi connectivity index (χ4v) is 2.51. The fourth-order valence-electron chi connectivity index (χ4n) is 2.28. The molecule has 3 rings (SSSR count). The molecule has 0 unspecified atom stereocenters. The molecule has 0 aliphatic carbocycles. The van der Waals surface area contributed by atoms with Crippen molar-refractivity contribution in [2.24, 2.45) is 0 Å². The van der Waals surface area contributed by atoms with Crippen molar-refractivity contribution in [1.82, 2.24) is 15.3 Å². The van der Waals surface area contributed by atoms with Gasteiger partial charge in [0, 0.05) is 19.3 Å². The van der Waals surface area contributed by atoms with E-state index < -0.39 is 0 Å². The Labute approximate surface area is 137 Å². The molecule has 2 aromatic rings. The van der Waals surface area contributed by atoms with Gasteiger partial charge in [-0.1, -0.05) is 12.2 Å². The molecular weight excluding hydrogens is 314 g/mol. The highest BCUT2D eigenvalue weighted by molar-refractivity contribution is 7.71. The maximum atomic E-state index is 12.2. The first-order valence-corrected chi connectivity index (χ1v) is 7.51. The highest BCUT2D eigenvalue weighted by atomic mass is 32.1. The number of amides is 2. The Morgan fingerprint density at radius 1 is 1.35 bits per heavy atom. The van der Waals surface area contributed by atoms with Gasteiger partial charge >= 0.3 is 0 Å². The fraction of sp³-hybridized carbons (Fsp3) is 0.200. The van der Waals surface area contributed by atoms with Gasteiger partial charge in [0.2, 0.25) is 5.91 Å². The molecule has 2 aromatic heterocycles. The summed E-state index contributed by atoms with van der Waals surface area (Å²) in [5, 5.41) is 5.52. The molecule has 0 aromatic carbocycles. The van der Waals surface area contributed by atoms with E-state index in [1.807, 2.05) is 4.90 Å². The minimum atomic E-state index is -0.293. The minimum Gasteiger partial charge on any atom is -0.353 e. The van der Waals surface area contributed by atoms with E-state index in [9.17, 15) is 9.59 Å². The molecule has 2 amide bonds. The molecule has 0 saturated carbocycles. The van der Waals surface area contributed by atoms with Gasteiger partial charge in [-0.2, -0.15) is 0 Å². The second-order valence-corrected chi connectivity index (χ2v) is 5.45. The van der Waals surface area contributed by atoms with E-state index in [2.05, 4.69) is 20.6 Å². The average molecular weight is 329 g/mol. The highest BCUT2D eigenvalue weighted by Gasteiger charge is 2.17. The summed E-state index contributed by atoms with van der Waals surface area (Å²) in [4.78, 5) is 32.6. The Morgan fingerprint density at radius 3 is 2.91 bits per heavy atom. The van der Waals surface area contributed by atoms with E-state index >= 15 is 0 Å². The summed E-state index contributed by atoms with van der Waals surface area (Å²) in [6.07, 6.45) is 3.24. The minimum absolute atomic E-state index is 0.0197. The number of rotatable bonds is 3. The van der Waals surface area contributed by atoms with Gasteiger partial charge in [-0.25, -0.2) is 4.98 Å². The summed E-state index contributed by atoms with van der Waals surface area (Å²) in [7, 11) is 0. The van der Waals surface area contributed by atoms with Crippen molar-refractivity contribution in [1.29, 1.82) is 0 Å². The smallest absolute Gasteiger partial charge is 0.258 e. The SMILES string of the molecule is O=C1CN(c2ccc(NC(=O)c3ccc[nH]c3=S)cn2)CCN1. The van der Waals surface area contributed by atoms with Crippen molar-refractivity contribution in [3.05, 3.63) is 46.9 Å². The number of H-pyrrole nitrogens is 1. The van der Waals surface area contributed by atoms with Gasteiger partial charge in [-0.15, -0.1) is 0 Å². The van der Waals surface area contributed by atoms with Gasteiger partial charge in [-0.3, -0.25) is 9.59 Å². The normalized spacial score (nSPS) is 14.3. The van der Waals surface area contributed by atoms with Crippen LogP contribution in [-0.4, -0.2) is 41.4 Å². The monoisotopic (exact) mass is 329 g/mol. The lowest BCUT2D eigenvalue weighted by molar-refractivity contribution is -0.120. The molecule has 7 nitrogen and oxygen atoms in total. The van der Waals surface area contributed by atoms with Crippen LogP contribution in [0.5, 0.6) is 0 Å². The summed E-state index contributed by atoms with van der Waals surface area (Å²) >= 11 is 5.09. The molecule has 0 radical (unpaired) electrons. The Balaban J connectivity index is 1.70. The van der Waals surface area contributed by atoms with Crippen molar-refractivity contribution in [3.8, 4) is 0 Å². The van der Waals surface area contributed by atoms with Crippen LogP contribution in [0.1, 0.15) is 10.4 Å². The van der Waals surface area contributed by atoms with E-state index in [0.29, 0.717) is 34.8 Å². The molecule has 1 saturated heterocycles. The van der Waals surface area contributed by atoms with Crippen LogP contribution in [0.2, 0.25) is 0 Å². The molecule has 3 heterocycles. The second kappa shape index (κ2) is 6.57. The topological polar surface area (TPSA) is 90.1 Å². The van der Waals surface area contributed by atoms with Crippen molar-refractivity contribution < 1.29 is 9.59 Å². The second-order valence-electron chi connectivity index (χ2n) is 5.04. The Kier molecular flexibility index (Phi) is 4.33. The van der Waals surface area contributed by atoms with Crippen LogP contribution in [0.4, 0.5) is 11.5 Å². The van der Waals surface area contributed by atoms with Crippen LogP contribution in [0.25, 0.3) is 0 Å². The van der Waals surface area contributed by atoms with Crippen molar-refractivity contribution in [2.75, 3.05) is 29.9 Å². The average Bonchev–Trinajstić information content (AvgIpc) is 2.56. The van der Waals surface area contributed by atoms with Gasteiger partial charge in [0.1, 0.15) is 10.5 Å². The first-order valence-electron chi connectivity index (χ1n) is 7.10. The quantitative estimate of drug-likeness (QED) is 0.739. The largest absolute Gasteiger partial charge is 0.353 e. The van der Waals surface area contributed by atoms with E-state index in [0.717, 1.165) is 0 Å². The molecule has 118 valence electrons. The molecule has 1 aliphatic heterocycles. The molecular formula is C15H15N5O2S. The lowest BCUT2D eigenvalue weighted by Crippen LogP contribution is -2.48. The van der Waals surface area contributed by atoms with E-state index in [-0.39, 0.29) is 18.4 Å². The molecule has 23 heavy (non-hydrogen) atoms. The molecule has 1 aliphatic rings. The van der Waals surface area contributed by atoms with Gasteiger partial charge in [0.05, 0.1) is 24.0 Å². The zero-order chi connectivity index (χ0) is 16.2. The van der Waals surface area contributed by atoms with Gasteiger partial charge < -0.3 is 20.5 Å². The predicted octanol–water partition coefficient (Wildman–Crippen LogP) is 1.33. The van der Waals surface area contributed by atoms with Crippen LogP contribution in [0.3, 0.4) is 0 Å². The summed E-state index contributed by atoms with van der Waals surface area (Å²) in [5.74, 6) is 0.391. The number of pyridine rings is 2. The predicted molar refractivity (Wildman–Crippen MR) is 89.0 cm³/mol. The third kappa shape index (κ3) is 3.54. The van der Waals surface area contributed by atoms with E-state index in [1.54, 1.807) is 36.7 Å². The highest BCUT2D eigenvalue weighted by Crippen LogP contribution is 2.15. The van der Waals surface area contributed by atoms with Gasteiger partial charge in [-0.05, 0) is 24.3 Å². The Morgan fingerprint density at radius 2 is 2.22 bits per heavy atom. The van der Waals surface area contributed by atoms with Crippen LogP contribution < -0.4 is 15.5 Å². The number of anilines is 2. The van der Waals surface area contributed by atoms with Crippen LogP contribution in [0, 0.1) is 4.64 Å². The van der Waals surface area contributed by atoms with Crippen molar-refractivity contribution in [2.45, 2.75) is 0 Å². The van der Waals surface area contributed by atoms with Gasteiger partial charge in [0.25, 0.3) is 5.91 Å². The number of aromatic nitrogens is 2. The number of hydrogen-bond acceptors (Lipinski definition) is 5. The number of carbonyl (C=O) groups is 2. The zero-order valence-corrected chi connectivity index (χ0v) is 13.0. The molecule has 1 fully saturated rings. The number of hydrogen-bond donors (Lipinski definition) is 3. The third-order valence-electron chi connectivity index (χ3n) is 3.43. The lowest BCUT2D eigenvalue weighted by atomic mass is 10.2. The summed E-state index contributed by atoms with van der Waals surface area (Å²) in [6, 6.07) is 6.90. The number of piperazine rings is 1. The summed E-state index contributed by atoms with van der Waals surface area (Å²) in [5.41, 5.74) is 0.970. The molecule has 0 spiro atoms.